The highest BCUT2D eigenvalue weighted by molar-refractivity contribution is 6.16. The Morgan fingerprint density at radius 3 is 2.30 bits per heavy atom. The number of benzene rings is 3. The average molecular weight is 636 g/mol. The fourth-order valence-corrected chi connectivity index (χ4v) is 8.30. The number of phenolic OH excluding ortho intramolecular Hbond substituents is 1. The highest BCUT2D eigenvalue weighted by atomic mass is 16.5. The van der Waals surface area contributed by atoms with Gasteiger partial charge in [-0.15, -0.1) is 0 Å². The molecule has 2 N–H and O–H groups in total. The molecule has 240 valence electrons. The second kappa shape index (κ2) is 11.1. The number of carbonyl (C=O) groups excluding carboxylic acids is 5. The number of methoxy groups -OCH3 is 2. The molecule has 0 bridgehead atoms. The molecule has 7 rings (SSSR count). The molecule has 5 amide bonds. The smallest absolute Gasteiger partial charge is 0.423 e. The molecule has 2 aliphatic heterocycles. The Bertz CT molecular complexity index is 1860. The van der Waals surface area contributed by atoms with Crippen LogP contribution in [0.3, 0.4) is 0 Å². The Hall–Kier alpha value is -5.45. The summed E-state index contributed by atoms with van der Waals surface area (Å²) in [5.41, 5.74) is 4.56. The summed E-state index contributed by atoms with van der Waals surface area (Å²) in [7, 11) is 2.52. The van der Waals surface area contributed by atoms with E-state index in [0.29, 0.717) is 27.3 Å². The van der Waals surface area contributed by atoms with E-state index < -0.39 is 64.7 Å². The number of para-hydroxylation sites is 1. The number of likely N-dealkylation sites (tertiary alicyclic amines) is 1. The third-order valence-electron chi connectivity index (χ3n) is 10.3. The number of aromatic hydroxyl groups is 1. The number of amides is 5. The van der Waals surface area contributed by atoms with Crippen molar-refractivity contribution in [2.75, 3.05) is 19.6 Å². The van der Waals surface area contributed by atoms with Crippen molar-refractivity contribution in [1.29, 1.82) is 0 Å². The normalized spacial score (nSPS) is 28.0. The fourth-order valence-electron chi connectivity index (χ4n) is 8.30. The topological polar surface area (TPSA) is 143 Å². The molecule has 3 aromatic rings. The maximum Gasteiger partial charge on any atom is 0.423 e. The summed E-state index contributed by atoms with van der Waals surface area (Å²) in [4.78, 5) is 70.1. The van der Waals surface area contributed by atoms with E-state index in [4.69, 9.17) is 9.47 Å². The highest BCUT2D eigenvalue weighted by Gasteiger charge is 2.71. The lowest BCUT2D eigenvalue weighted by atomic mass is 9.49. The van der Waals surface area contributed by atoms with E-state index in [2.05, 4.69) is 5.43 Å². The van der Waals surface area contributed by atoms with Crippen molar-refractivity contribution < 1.29 is 38.6 Å². The summed E-state index contributed by atoms with van der Waals surface area (Å²) in [5, 5.41) is 12.7. The molecule has 4 aliphatic rings. The summed E-state index contributed by atoms with van der Waals surface area (Å²) in [6.45, 7) is 1.93. The zero-order chi connectivity index (χ0) is 33.2. The van der Waals surface area contributed by atoms with Gasteiger partial charge in [0.15, 0.2) is 11.5 Å². The van der Waals surface area contributed by atoms with Gasteiger partial charge < -0.3 is 14.6 Å². The number of imide groups is 4. The number of ether oxygens (including phenoxy) is 2. The van der Waals surface area contributed by atoms with Crippen LogP contribution >= 0.6 is 0 Å². The molecule has 11 nitrogen and oxygen atoms in total. The quantitative estimate of drug-likeness (QED) is 0.307. The van der Waals surface area contributed by atoms with E-state index in [0.717, 1.165) is 17.7 Å². The Labute approximate surface area is 270 Å². The van der Waals surface area contributed by atoms with Gasteiger partial charge in [-0.3, -0.25) is 24.6 Å². The number of anilines is 1. The zero-order valence-electron chi connectivity index (χ0n) is 26.0. The molecule has 3 fully saturated rings. The predicted molar refractivity (Wildman–Crippen MR) is 168 cm³/mol. The van der Waals surface area contributed by atoms with E-state index in [9.17, 15) is 24.3 Å². The molecule has 0 radical (unpaired) electrons. The van der Waals surface area contributed by atoms with Crippen LogP contribution in [-0.2, 0) is 29.3 Å². The highest BCUT2D eigenvalue weighted by Crippen LogP contribution is 2.65. The maximum atomic E-state index is 15.1. The van der Waals surface area contributed by atoms with Gasteiger partial charge in [-0.25, -0.2) is 4.79 Å². The predicted octanol–water partition coefficient (Wildman–Crippen LogP) is 4.46. The zero-order valence-corrected chi connectivity index (χ0v) is 26.0. The number of hydrogen-bond acceptors (Lipinski definition) is 9. The molecule has 2 aliphatic carbocycles. The van der Waals surface area contributed by atoms with Gasteiger partial charge in [-0.1, -0.05) is 71.8 Å². The van der Waals surface area contributed by atoms with Crippen LogP contribution in [0.15, 0.2) is 84.4 Å². The van der Waals surface area contributed by atoms with E-state index >= 15 is 4.79 Å². The number of carbonyl (C=O) groups is 5. The number of hydrazine groups is 1. The molecule has 3 aromatic carbocycles. The van der Waals surface area contributed by atoms with E-state index in [1.54, 1.807) is 54.6 Å². The van der Waals surface area contributed by atoms with E-state index in [-0.39, 0.29) is 24.3 Å². The average Bonchev–Trinajstić information content (AvgIpc) is 3.47. The first-order valence-electron chi connectivity index (χ1n) is 15.4. The Morgan fingerprint density at radius 1 is 0.894 bits per heavy atom. The van der Waals surface area contributed by atoms with Crippen LogP contribution in [0.1, 0.15) is 35.4 Å². The van der Waals surface area contributed by atoms with Crippen molar-refractivity contribution >= 4 is 35.4 Å². The number of hydrogen-bond donors (Lipinski definition) is 2. The molecule has 11 heteroatoms. The number of phenols is 1. The summed E-state index contributed by atoms with van der Waals surface area (Å²) < 4.78 is 10.2. The first-order valence-corrected chi connectivity index (χ1v) is 15.4. The minimum absolute atomic E-state index is 0.0494. The number of nitrogens with one attached hydrogen (secondary N) is 1. The van der Waals surface area contributed by atoms with Gasteiger partial charge in [0.2, 0.25) is 11.8 Å². The largest absolute Gasteiger partial charge is 0.504 e. The summed E-state index contributed by atoms with van der Waals surface area (Å²) in [6, 6.07) is 21.3. The number of fused-ring (bicyclic) bond motifs is 4. The third-order valence-corrected chi connectivity index (χ3v) is 10.3. The van der Waals surface area contributed by atoms with E-state index in [1.807, 2.05) is 31.2 Å². The fraction of sp³-hybridized carbons (Fsp3) is 0.306. The minimum atomic E-state index is -1.55. The maximum absolute atomic E-state index is 15.1. The molecule has 6 atom stereocenters. The van der Waals surface area contributed by atoms with Crippen molar-refractivity contribution in [3.05, 3.63) is 101 Å². The van der Waals surface area contributed by atoms with Crippen LogP contribution in [0.25, 0.3) is 0 Å². The second-order valence-corrected chi connectivity index (χ2v) is 12.5. The number of allylic oxidation sites excluding steroid dienone is 2. The molecule has 2 saturated heterocycles. The van der Waals surface area contributed by atoms with Gasteiger partial charge in [-0.2, -0.15) is 9.91 Å². The number of nitrogens with zero attached hydrogens (tertiary/aromatic N) is 2. The Kier molecular flexibility index (Phi) is 7.14. The molecule has 0 spiro atoms. The minimum Gasteiger partial charge on any atom is -0.504 e. The van der Waals surface area contributed by atoms with Crippen LogP contribution in [-0.4, -0.2) is 59.0 Å². The van der Waals surface area contributed by atoms with Crippen LogP contribution in [0.5, 0.6) is 11.5 Å². The third kappa shape index (κ3) is 4.22. The number of rotatable bonds is 5. The van der Waals surface area contributed by atoms with Crippen molar-refractivity contribution in [1.82, 2.24) is 9.91 Å². The lowest BCUT2D eigenvalue weighted by Gasteiger charge is -2.50. The second-order valence-electron chi connectivity index (χ2n) is 12.5. The van der Waals surface area contributed by atoms with Gasteiger partial charge in [-0.05, 0) is 49.4 Å². The molecule has 47 heavy (non-hydrogen) atoms. The first-order chi connectivity index (χ1) is 22.6. The van der Waals surface area contributed by atoms with Gasteiger partial charge in [0, 0.05) is 11.5 Å². The van der Waals surface area contributed by atoms with Crippen molar-refractivity contribution in [3.8, 4) is 11.5 Å². The molecule has 1 saturated carbocycles. The molecular weight excluding hydrogens is 602 g/mol. The molecular formula is C36H33N3O8. The molecule has 0 aromatic heterocycles. The lowest BCUT2D eigenvalue weighted by molar-refractivity contribution is -0.140. The van der Waals surface area contributed by atoms with Gasteiger partial charge >= 0.3 is 6.09 Å². The van der Waals surface area contributed by atoms with Crippen LogP contribution < -0.4 is 10.2 Å². The lowest BCUT2D eigenvalue weighted by Crippen LogP contribution is -2.53. The van der Waals surface area contributed by atoms with Crippen molar-refractivity contribution in [2.45, 2.75) is 31.1 Å². The summed E-state index contributed by atoms with van der Waals surface area (Å²) in [5.74, 6) is -6.86. The Balaban J connectivity index is 1.47. The van der Waals surface area contributed by atoms with Gasteiger partial charge in [0.25, 0.3) is 11.8 Å². The van der Waals surface area contributed by atoms with Crippen LogP contribution in [0, 0.1) is 30.6 Å². The summed E-state index contributed by atoms with van der Waals surface area (Å²) >= 11 is 0. The standard InChI is InChI=1S/C36H33N3O8/c1-19-12-14-21(15-13-19)37-39-32(42)26-18-25-22(16-17-23-28(25)33(43)38(31(23)41)35(45)47-3)29(24-10-7-11-27(46-2)30(24)40)36(26,34(39)44)20-8-5-4-6-9-20/h4-16,23,25-26,28-29,37,40H,17-18H2,1-3H3/t23-,25+,26-,28-,29+,36+/m0/s1. The van der Waals surface area contributed by atoms with E-state index in [1.165, 1.54) is 7.11 Å². The first kappa shape index (κ1) is 30.2. The van der Waals surface area contributed by atoms with Gasteiger partial charge in [0.1, 0.15) is 0 Å². The number of aryl methyl sites for hydroxylation is 1. The van der Waals surface area contributed by atoms with Crippen LogP contribution in [0.4, 0.5) is 10.5 Å². The Morgan fingerprint density at radius 2 is 1.62 bits per heavy atom. The molecule has 2 heterocycles. The van der Waals surface area contributed by atoms with Gasteiger partial charge in [0.05, 0.1) is 43.1 Å². The van der Waals surface area contributed by atoms with Crippen molar-refractivity contribution in [3.63, 3.8) is 0 Å². The summed E-state index contributed by atoms with van der Waals surface area (Å²) in [6.07, 6.45) is 0.955. The monoisotopic (exact) mass is 635 g/mol. The van der Waals surface area contributed by atoms with Crippen LogP contribution in [0.2, 0.25) is 0 Å². The SMILES string of the molecule is COC(=O)N1C(=O)[C@H]2[C@H](CC=C3[C@H]2C[C@H]2C(=O)N(Nc4ccc(C)cc4)C(=O)[C@@]2(c2ccccc2)[C@H]3c2cccc(OC)c2O)C1=O. The molecule has 0 unspecified atom stereocenters. The van der Waals surface area contributed by atoms with Crippen molar-refractivity contribution in [2.24, 2.45) is 23.7 Å².